The van der Waals surface area contributed by atoms with Gasteiger partial charge in [0.15, 0.2) is 5.13 Å². The number of benzene rings is 3. The van der Waals surface area contributed by atoms with Crippen LogP contribution in [0, 0.1) is 0 Å². The monoisotopic (exact) mass is 572 g/mol. The average Bonchev–Trinajstić information content (AvgIpc) is 3.38. The molecule has 0 unspecified atom stereocenters. The molecule has 1 N–H and O–H groups in total. The summed E-state index contributed by atoms with van der Waals surface area (Å²) >= 11 is 7.76. The van der Waals surface area contributed by atoms with Gasteiger partial charge < -0.3 is 9.64 Å². The van der Waals surface area contributed by atoms with Crippen LogP contribution in [0.4, 0.5) is 10.8 Å². The summed E-state index contributed by atoms with van der Waals surface area (Å²) in [4.78, 5) is 22.6. The molecule has 1 amide bonds. The van der Waals surface area contributed by atoms with Crippen molar-refractivity contribution in [3.8, 4) is 5.75 Å². The number of hydrogen-bond donors (Lipinski definition) is 1. The lowest BCUT2D eigenvalue weighted by molar-refractivity contribution is 0.0983. The van der Waals surface area contributed by atoms with Crippen LogP contribution in [-0.2, 0) is 10.0 Å². The molecule has 0 radical (unpaired) electrons. The van der Waals surface area contributed by atoms with Crippen LogP contribution >= 0.6 is 22.9 Å². The quantitative estimate of drug-likeness (QED) is 0.246. The topological polar surface area (TPSA) is 91.8 Å². The predicted molar refractivity (Wildman–Crippen MR) is 154 cm³/mol. The number of sulfonamides is 1. The molecule has 0 aliphatic heterocycles. The lowest BCUT2D eigenvalue weighted by atomic mass is 10.2. The third kappa shape index (κ3) is 6.10. The summed E-state index contributed by atoms with van der Waals surface area (Å²) in [6.45, 7) is 6.85. The van der Waals surface area contributed by atoms with E-state index in [0.717, 1.165) is 17.8 Å². The fourth-order valence-corrected chi connectivity index (χ4v) is 6.32. The summed E-state index contributed by atoms with van der Waals surface area (Å²) in [5.74, 6) is 0.271. The second-order valence-corrected chi connectivity index (χ2v) is 11.5. The molecule has 1 aromatic heterocycles. The van der Waals surface area contributed by atoms with Crippen LogP contribution in [0.2, 0.25) is 5.02 Å². The van der Waals surface area contributed by atoms with Gasteiger partial charge in [0.2, 0.25) is 0 Å². The molecule has 0 saturated heterocycles. The van der Waals surface area contributed by atoms with Crippen molar-refractivity contribution in [3.05, 3.63) is 77.3 Å². The molecule has 38 heavy (non-hydrogen) atoms. The zero-order valence-electron chi connectivity index (χ0n) is 21.3. The SMILES string of the molecule is CCN(CC)CCN(C(=O)c1cccc(NS(=O)(=O)c2ccccc2)c1)c1nc2c(OC)ccc(Cl)c2s1. The molecule has 8 nitrogen and oxygen atoms in total. The number of aromatic nitrogens is 1. The van der Waals surface area contributed by atoms with Crippen molar-refractivity contribution in [2.75, 3.05) is 42.9 Å². The highest BCUT2D eigenvalue weighted by atomic mass is 35.5. The molecule has 0 saturated carbocycles. The van der Waals surface area contributed by atoms with E-state index in [0.29, 0.717) is 40.1 Å². The Morgan fingerprint density at radius 2 is 1.76 bits per heavy atom. The Morgan fingerprint density at radius 3 is 2.45 bits per heavy atom. The Hall–Kier alpha value is -3.18. The van der Waals surface area contributed by atoms with Crippen molar-refractivity contribution in [1.29, 1.82) is 0 Å². The molecule has 0 aliphatic rings. The molecular weight excluding hydrogens is 544 g/mol. The fourth-order valence-electron chi connectivity index (χ4n) is 3.97. The van der Waals surface area contributed by atoms with E-state index < -0.39 is 10.0 Å². The number of nitrogens with one attached hydrogen (secondary N) is 1. The summed E-state index contributed by atoms with van der Waals surface area (Å²) in [6, 6.07) is 18.0. The third-order valence-corrected chi connectivity index (χ3v) is 9.03. The number of anilines is 2. The lowest BCUT2D eigenvalue weighted by Gasteiger charge is -2.25. The first kappa shape index (κ1) is 27.8. The second kappa shape index (κ2) is 12.1. The molecule has 0 aliphatic carbocycles. The van der Waals surface area contributed by atoms with Crippen LogP contribution in [0.15, 0.2) is 71.6 Å². The first-order valence-corrected chi connectivity index (χ1v) is 14.8. The third-order valence-electron chi connectivity index (χ3n) is 6.09. The Balaban J connectivity index is 1.69. The van der Waals surface area contributed by atoms with Crippen molar-refractivity contribution in [3.63, 3.8) is 0 Å². The Kier molecular flexibility index (Phi) is 8.88. The predicted octanol–water partition coefficient (Wildman–Crippen LogP) is 5.75. The lowest BCUT2D eigenvalue weighted by Crippen LogP contribution is -2.38. The number of halogens is 1. The molecular formula is C27H29ClN4O4S2. The van der Waals surface area contributed by atoms with Gasteiger partial charge in [-0.1, -0.05) is 61.1 Å². The summed E-state index contributed by atoms with van der Waals surface area (Å²) < 4.78 is 34.4. The number of nitrogens with zero attached hydrogens (tertiary/aromatic N) is 3. The van der Waals surface area contributed by atoms with Gasteiger partial charge in [0, 0.05) is 24.3 Å². The minimum Gasteiger partial charge on any atom is -0.494 e. The zero-order valence-corrected chi connectivity index (χ0v) is 23.7. The minimum atomic E-state index is -3.81. The zero-order chi connectivity index (χ0) is 27.3. The number of amides is 1. The van der Waals surface area contributed by atoms with Crippen molar-refractivity contribution >= 4 is 59.9 Å². The highest BCUT2D eigenvalue weighted by Crippen LogP contribution is 2.39. The number of thiazole rings is 1. The van der Waals surface area contributed by atoms with Crippen LogP contribution in [0.3, 0.4) is 0 Å². The molecule has 0 spiro atoms. The van der Waals surface area contributed by atoms with E-state index >= 15 is 0 Å². The number of carbonyl (C=O) groups excluding carboxylic acids is 1. The first-order chi connectivity index (χ1) is 18.3. The maximum atomic E-state index is 13.9. The molecule has 0 fully saturated rings. The van der Waals surface area contributed by atoms with Gasteiger partial charge in [0.05, 0.1) is 21.7 Å². The largest absolute Gasteiger partial charge is 0.494 e. The van der Waals surface area contributed by atoms with Crippen LogP contribution in [0.25, 0.3) is 10.2 Å². The van der Waals surface area contributed by atoms with Gasteiger partial charge in [0.1, 0.15) is 11.3 Å². The number of carbonyl (C=O) groups is 1. The second-order valence-electron chi connectivity index (χ2n) is 8.41. The van der Waals surface area contributed by atoms with Crippen molar-refractivity contribution in [2.45, 2.75) is 18.7 Å². The molecule has 0 bridgehead atoms. The van der Waals surface area contributed by atoms with Crippen molar-refractivity contribution in [1.82, 2.24) is 9.88 Å². The number of rotatable bonds is 11. The number of hydrogen-bond acceptors (Lipinski definition) is 7. The Labute approximate surface area is 231 Å². The minimum absolute atomic E-state index is 0.137. The molecule has 0 atom stereocenters. The fraction of sp³-hybridized carbons (Fsp3) is 0.259. The average molecular weight is 573 g/mol. The van der Waals surface area contributed by atoms with E-state index in [-0.39, 0.29) is 16.5 Å². The molecule has 1 heterocycles. The molecule has 11 heteroatoms. The van der Waals surface area contributed by atoms with Crippen molar-refractivity contribution in [2.24, 2.45) is 0 Å². The van der Waals surface area contributed by atoms with E-state index in [1.54, 1.807) is 60.5 Å². The highest BCUT2D eigenvalue weighted by molar-refractivity contribution is 7.92. The van der Waals surface area contributed by atoms with Crippen LogP contribution < -0.4 is 14.4 Å². The summed E-state index contributed by atoms with van der Waals surface area (Å²) in [5, 5.41) is 1.01. The summed E-state index contributed by atoms with van der Waals surface area (Å²) in [7, 11) is -2.24. The van der Waals surface area contributed by atoms with Crippen LogP contribution in [0.5, 0.6) is 5.75 Å². The van der Waals surface area contributed by atoms with E-state index in [2.05, 4.69) is 23.5 Å². The number of methoxy groups -OCH3 is 1. The summed E-state index contributed by atoms with van der Waals surface area (Å²) in [5.41, 5.74) is 1.21. The molecule has 3 aromatic carbocycles. The maximum absolute atomic E-state index is 13.9. The van der Waals surface area contributed by atoms with Gasteiger partial charge in [-0.15, -0.1) is 0 Å². The standard InChI is InChI=1S/C27H29ClN4O4S2/c1-4-31(5-2)16-17-32(27-29-24-23(36-3)15-14-22(28)25(24)37-27)26(33)19-10-9-11-20(18-19)30-38(34,35)21-12-7-6-8-13-21/h6-15,18,30H,4-5,16-17H2,1-3H3. The summed E-state index contributed by atoms with van der Waals surface area (Å²) in [6.07, 6.45) is 0. The van der Waals surface area contributed by atoms with Gasteiger partial charge in [-0.2, -0.15) is 0 Å². The van der Waals surface area contributed by atoms with Gasteiger partial charge >= 0.3 is 0 Å². The molecule has 4 rings (SSSR count). The first-order valence-electron chi connectivity index (χ1n) is 12.1. The smallest absolute Gasteiger partial charge is 0.261 e. The number of likely N-dealkylation sites (N-methyl/N-ethyl adjacent to an activating group) is 1. The van der Waals surface area contributed by atoms with Gasteiger partial charge in [-0.05, 0) is 55.6 Å². The number of fused-ring (bicyclic) bond motifs is 1. The molecule has 200 valence electrons. The Morgan fingerprint density at radius 1 is 1.03 bits per heavy atom. The van der Waals surface area contributed by atoms with E-state index in [1.807, 2.05) is 0 Å². The maximum Gasteiger partial charge on any atom is 0.261 e. The van der Waals surface area contributed by atoms with E-state index in [4.69, 9.17) is 21.3 Å². The van der Waals surface area contributed by atoms with Gasteiger partial charge in [-0.25, -0.2) is 13.4 Å². The highest BCUT2D eigenvalue weighted by Gasteiger charge is 2.24. The van der Waals surface area contributed by atoms with Crippen LogP contribution in [0.1, 0.15) is 24.2 Å². The Bertz CT molecular complexity index is 1520. The van der Waals surface area contributed by atoms with Gasteiger partial charge in [-0.3, -0.25) is 14.4 Å². The van der Waals surface area contributed by atoms with Crippen LogP contribution in [-0.4, -0.2) is 57.5 Å². The molecule has 4 aromatic rings. The van der Waals surface area contributed by atoms with Crippen molar-refractivity contribution < 1.29 is 17.9 Å². The normalized spacial score (nSPS) is 11.6. The number of ether oxygens (including phenoxy) is 1. The van der Waals surface area contributed by atoms with E-state index in [9.17, 15) is 13.2 Å². The van der Waals surface area contributed by atoms with E-state index in [1.165, 1.54) is 29.5 Å². The van der Waals surface area contributed by atoms with Gasteiger partial charge in [0.25, 0.3) is 15.9 Å².